The Bertz CT molecular complexity index is 1300. The van der Waals surface area contributed by atoms with Gasteiger partial charge in [0.25, 0.3) is 5.91 Å². The smallest absolute Gasteiger partial charge is 0.317 e. The van der Waals surface area contributed by atoms with Gasteiger partial charge in [-0.25, -0.2) is 14.4 Å². The van der Waals surface area contributed by atoms with E-state index >= 15 is 0 Å². The Morgan fingerprint density at radius 1 is 1.14 bits per heavy atom. The Hall–Kier alpha value is -3.90. The molecule has 12 heteroatoms. The number of H-pyrrole nitrogens is 1. The highest BCUT2D eigenvalue weighted by Gasteiger charge is 2.55. The number of aromatic nitrogens is 4. The first-order valence-corrected chi connectivity index (χ1v) is 11.2. The molecule has 1 aliphatic carbocycles. The molecule has 0 spiro atoms. The van der Waals surface area contributed by atoms with E-state index in [-0.39, 0.29) is 25.0 Å². The molecule has 3 aromatic rings. The van der Waals surface area contributed by atoms with Gasteiger partial charge in [0.05, 0.1) is 37.4 Å². The van der Waals surface area contributed by atoms with Crippen LogP contribution in [0, 0.1) is 11.2 Å². The summed E-state index contributed by atoms with van der Waals surface area (Å²) in [4.78, 5) is 40.6. The average molecular weight is 497 g/mol. The van der Waals surface area contributed by atoms with E-state index in [1.165, 1.54) is 19.2 Å². The molecule has 3 N–H and O–H groups in total. The number of hydrogen-bond acceptors (Lipinski definition) is 9. The molecule has 5 rings (SSSR count). The van der Waals surface area contributed by atoms with Gasteiger partial charge in [-0.3, -0.25) is 9.59 Å². The zero-order valence-electron chi connectivity index (χ0n) is 19.6. The fraction of sp³-hybridized carbons (Fsp3) is 0.375. The lowest BCUT2D eigenvalue weighted by Gasteiger charge is -2.35. The van der Waals surface area contributed by atoms with Gasteiger partial charge in [-0.2, -0.15) is 4.98 Å². The van der Waals surface area contributed by atoms with Gasteiger partial charge in [-0.15, -0.1) is 0 Å². The number of methoxy groups -OCH3 is 1. The minimum Gasteiger partial charge on any atom is -0.467 e. The van der Waals surface area contributed by atoms with Crippen molar-refractivity contribution < 1.29 is 32.9 Å². The van der Waals surface area contributed by atoms with Crippen molar-refractivity contribution in [1.29, 1.82) is 0 Å². The second-order valence-corrected chi connectivity index (χ2v) is 9.04. The second-order valence-electron chi connectivity index (χ2n) is 9.04. The SMILES string of the molecule is COc1nccc(-c2[nH]c(C3OCC(C)(C(=O)OC4(C(N)=O)CC4)CO3)nc2-c2ccc(F)cc2)n1. The molecule has 1 saturated heterocycles. The third-order valence-corrected chi connectivity index (χ3v) is 6.18. The Morgan fingerprint density at radius 2 is 1.83 bits per heavy atom. The Kier molecular flexibility index (Phi) is 5.92. The molecule has 1 amide bonds. The lowest BCUT2D eigenvalue weighted by atomic mass is 9.92. The van der Waals surface area contributed by atoms with Crippen LogP contribution >= 0.6 is 0 Å². The molecule has 2 fully saturated rings. The molecule has 3 heterocycles. The first-order chi connectivity index (χ1) is 17.2. The number of amides is 1. The summed E-state index contributed by atoms with van der Waals surface area (Å²) in [6, 6.07) is 7.69. The van der Waals surface area contributed by atoms with E-state index < -0.39 is 29.2 Å². The second kappa shape index (κ2) is 8.95. The van der Waals surface area contributed by atoms with Gasteiger partial charge in [-0.1, -0.05) is 0 Å². The van der Waals surface area contributed by atoms with Crippen LogP contribution in [0.2, 0.25) is 0 Å². The van der Waals surface area contributed by atoms with Crippen molar-refractivity contribution >= 4 is 11.9 Å². The van der Waals surface area contributed by atoms with Gasteiger partial charge in [0.1, 0.15) is 11.2 Å². The zero-order chi connectivity index (χ0) is 25.5. The summed E-state index contributed by atoms with van der Waals surface area (Å²) in [5.41, 5.74) is 5.15. The maximum Gasteiger partial charge on any atom is 0.317 e. The van der Waals surface area contributed by atoms with E-state index in [0.29, 0.717) is 41.3 Å². The van der Waals surface area contributed by atoms with Crippen molar-refractivity contribution in [3.63, 3.8) is 0 Å². The summed E-state index contributed by atoms with van der Waals surface area (Å²) in [7, 11) is 1.46. The molecule has 2 aliphatic rings. The summed E-state index contributed by atoms with van der Waals surface area (Å²) in [5, 5.41) is 0. The fourth-order valence-electron chi connectivity index (χ4n) is 3.78. The predicted octanol–water partition coefficient (Wildman–Crippen LogP) is 2.29. The maximum absolute atomic E-state index is 13.5. The molecular weight excluding hydrogens is 473 g/mol. The number of carbonyl (C=O) groups is 2. The largest absolute Gasteiger partial charge is 0.467 e. The van der Waals surface area contributed by atoms with E-state index in [0.717, 1.165) is 0 Å². The minimum atomic E-state index is -1.23. The van der Waals surface area contributed by atoms with E-state index in [4.69, 9.17) is 24.7 Å². The number of carbonyl (C=O) groups excluding carboxylic acids is 2. The van der Waals surface area contributed by atoms with Crippen LogP contribution in [0.3, 0.4) is 0 Å². The number of nitrogens with two attached hydrogens (primary N) is 1. The van der Waals surface area contributed by atoms with Crippen LogP contribution in [0.4, 0.5) is 4.39 Å². The lowest BCUT2D eigenvalue weighted by Crippen LogP contribution is -2.47. The fourth-order valence-corrected chi connectivity index (χ4v) is 3.78. The third kappa shape index (κ3) is 4.40. The number of benzene rings is 1. The van der Waals surface area contributed by atoms with Gasteiger partial charge < -0.3 is 29.7 Å². The molecule has 0 atom stereocenters. The van der Waals surface area contributed by atoms with Gasteiger partial charge in [0.2, 0.25) is 6.29 Å². The van der Waals surface area contributed by atoms with Gasteiger partial charge in [-0.05, 0) is 37.3 Å². The first-order valence-electron chi connectivity index (χ1n) is 11.2. The molecule has 188 valence electrons. The number of halogens is 1. The normalized spacial score (nSPS) is 22.6. The summed E-state index contributed by atoms with van der Waals surface area (Å²) in [6.07, 6.45) is 1.43. The Labute approximate surface area is 205 Å². The quantitative estimate of drug-likeness (QED) is 0.468. The van der Waals surface area contributed by atoms with E-state index in [1.807, 2.05) is 0 Å². The van der Waals surface area contributed by atoms with E-state index in [2.05, 4.69) is 19.9 Å². The molecule has 1 aromatic carbocycles. The number of ether oxygens (including phenoxy) is 4. The maximum atomic E-state index is 13.5. The number of aromatic amines is 1. The Morgan fingerprint density at radius 3 is 2.44 bits per heavy atom. The number of nitrogens with zero attached hydrogens (tertiary/aromatic N) is 3. The summed E-state index contributed by atoms with van der Waals surface area (Å²) < 4.78 is 35.8. The van der Waals surface area contributed by atoms with Crippen LogP contribution in [0.25, 0.3) is 22.6 Å². The van der Waals surface area contributed by atoms with Crippen LogP contribution in [0.15, 0.2) is 36.5 Å². The van der Waals surface area contributed by atoms with Gasteiger partial charge >= 0.3 is 12.0 Å². The highest BCUT2D eigenvalue weighted by molar-refractivity contribution is 5.90. The number of hydrogen-bond donors (Lipinski definition) is 2. The highest BCUT2D eigenvalue weighted by Crippen LogP contribution is 2.42. The van der Waals surface area contributed by atoms with Gasteiger partial charge in [0, 0.05) is 24.6 Å². The van der Waals surface area contributed by atoms with Gasteiger partial charge in [0.15, 0.2) is 11.4 Å². The number of nitrogens with one attached hydrogen (secondary N) is 1. The Balaban J connectivity index is 1.40. The number of primary amides is 1. The monoisotopic (exact) mass is 497 g/mol. The summed E-state index contributed by atoms with van der Waals surface area (Å²) in [6.45, 7) is 1.57. The van der Waals surface area contributed by atoms with Crippen molar-refractivity contribution in [3.8, 4) is 28.7 Å². The molecule has 0 bridgehead atoms. The molecule has 0 radical (unpaired) electrons. The zero-order valence-corrected chi connectivity index (χ0v) is 19.6. The topological polar surface area (TPSA) is 152 Å². The standard InChI is InChI=1S/C24H24FN5O6/c1-23(21(32)36-24(8-9-24)20(26)31)11-34-19(35-12-23)18-29-16(13-3-5-14(25)6-4-13)17(30-18)15-7-10-27-22(28-15)33-2/h3-7,10,19H,8-9,11-12H2,1-2H3,(H2,26,31)(H,29,30). The molecule has 1 saturated carbocycles. The lowest BCUT2D eigenvalue weighted by molar-refractivity contribution is -0.240. The number of imidazole rings is 1. The average Bonchev–Trinajstić information content (AvgIpc) is 3.54. The molecule has 0 unspecified atom stereocenters. The minimum absolute atomic E-state index is 0.0331. The number of rotatable bonds is 7. The van der Waals surface area contributed by atoms with Crippen molar-refractivity contribution in [2.75, 3.05) is 20.3 Å². The van der Waals surface area contributed by atoms with Crippen molar-refractivity contribution in [2.24, 2.45) is 11.1 Å². The van der Waals surface area contributed by atoms with Crippen LogP contribution in [0.1, 0.15) is 31.9 Å². The number of esters is 1. The summed E-state index contributed by atoms with van der Waals surface area (Å²) in [5.74, 6) is -1.33. The highest BCUT2D eigenvalue weighted by atomic mass is 19.1. The van der Waals surface area contributed by atoms with Crippen LogP contribution in [-0.4, -0.2) is 57.7 Å². The van der Waals surface area contributed by atoms with Crippen LogP contribution < -0.4 is 10.5 Å². The summed E-state index contributed by atoms with van der Waals surface area (Å²) >= 11 is 0. The molecule has 36 heavy (non-hydrogen) atoms. The molecular formula is C24H24FN5O6. The van der Waals surface area contributed by atoms with Crippen LogP contribution in [-0.2, 0) is 23.8 Å². The molecule has 1 aliphatic heterocycles. The molecule has 11 nitrogen and oxygen atoms in total. The van der Waals surface area contributed by atoms with Crippen molar-refractivity contribution in [1.82, 2.24) is 19.9 Å². The first kappa shape index (κ1) is 23.8. The predicted molar refractivity (Wildman–Crippen MR) is 122 cm³/mol. The van der Waals surface area contributed by atoms with Crippen LogP contribution in [0.5, 0.6) is 6.01 Å². The van der Waals surface area contributed by atoms with E-state index in [1.54, 1.807) is 31.3 Å². The van der Waals surface area contributed by atoms with Crippen molar-refractivity contribution in [2.45, 2.75) is 31.7 Å². The molecule has 2 aromatic heterocycles. The third-order valence-electron chi connectivity index (χ3n) is 6.18. The van der Waals surface area contributed by atoms with Crippen molar-refractivity contribution in [3.05, 3.63) is 48.2 Å². The van der Waals surface area contributed by atoms with E-state index in [9.17, 15) is 14.0 Å².